The molecular weight excluding hydrogens is 208 g/mol. The Labute approximate surface area is 97.0 Å². The third kappa shape index (κ3) is 11.0. The molecule has 0 aliphatic heterocycles. The van der Waals surface area contributed by atoms with Crippen LogP contribution in [0.15, 0.2) is 0 Å². The number of unbranched alkanes of at least 4 members (excludes halogenated alkanes) is 7. The van der Waals surface area contributed by atoms with Gasteiger partial charge in [-0.3, -0.25) is 4.79 Å². The molecule has 0 fully saturated rings. The number of ether oxygens (including phenoxy) is 1. The minimum absolute atomic E-state index is 0.210. The number of esters is 1. The highest BCUT2D eigenvalue weighted by atomic mass is 16.7. The van der Waals surface area contributed by atoms with E-state index in [1.165, 1.54) is 32.1 Å². The van der Waals surface area contributed by atoms with Crippen molar-refractivity contribution in [3.8, 4) is 0 Å². The average molecular weight is 230 g/mol. The maximum Gasteiger partial charge on any atom is 0.513 e. The quantitative estimate of drug-likeness (QED) is 0.372. The van der Waals surface area contributed by atoms with E-state index in [1.807, 2.05) is 0 Å². The van der Waals surface area contributed by atoms with Crippen LogP contribution in [0.2, 0.25) is 0 Å². The number of carbonyl (C=O) groups excluding carboxylic acids is 1. The van der Waals surface area contributed by atoms with Gasteiger partial charge in [-0.15, -0.1) is 0 Å². The molecule has 1 N–H and O–H groups in total. The molecule has 0 aromatic heterocycles. The number of hydrogen-bond donors (Lipinski definition) is 1. The second kappa shape index (κ2) is 10.5. The number of rotatable bonds is 9. The van der Waals surface area contributed by atoms with E-state index in [-0.39, 0.29) is 6.42 Å². The predicted octanol–water partition coefficient (Wildman–Crippen LogP) is 3.74. The van der Waals surface area contributed by atoms with Crippen molar-refractivity contribution >= 4 is 12.1 Å². The van der Waals surface area contributed by atoms with Gasteiger partial charge in [0.05, 0.1) is 0 Å². The second-order valence-electron chi connectivity index (χ2n) is 3.96. The maximum atomic E-state index is 10.8. The average Bonchev–Trinajstić information content (AvgIpc) is 2.21. The molecule has 0 aromatic carbocycles. The van der Waals surface area contributed by atoms with Crippen molar-refractivity contribution in [2.45, 2.75) is 64.7 Å². The second-order valence-corrected chi connectivity index (χ2v) is 3.96. The van der Waals surface area contributed by atoms with Crippen LogP contribution in [-0.2, 0) is 9.53 Å². The lowest BCUT2D eigenvalue weighted by atomic mass is 10.1. The van der Waals surface area contributed by atoms with E-state index >= 15 is 0 Å². The van der Waals surface area contributed by atoms with Crippen molar-refractivity contribution in [2.24, 2.45) is 0 Å². The van der Waals surface area contributed by atoms with Gasteiger partial charge < -0.3 is 9.84 Å². The first-order valence-corrected chi connectivity index (χ1v) is 6.10. The summed E-state index contributed by atoms with van der Waals surface area (Å²) in [7, 11) is 0. The summed E-state index contributed by atoms with van der Waals surface area (Å²) in [5.41, 5.74) is 0. The van der Waals surface area contributed by atoms with Crippen LogP contribution in [0, 0.1) is 0 Å². The maximum absolute atomic E-state index is 10.8. The standard InChI is InChI=1S/C12H22O4/c1-2-3-4-5-6-7-8-9-10-11(13)16-12(14)15/h2-10H2,1H3,(H,14,15). The van der Waals surface area contributed by atoms with Crippen molar-refractivity contribution in [1.82, 2.24) is 0 Å². The summed E-state index contributed by atoms with van der Waals surface area (Å²) >= 11 is 0. The Hall–Kier alpha value is -1.06. The largest absolute Gasteiger partial charge is 0.513 e. The van der Waals surface area contributed by atoms with Crippen molar-refractivity contribution in [2.75, 3.05) is 0 Å². The first-order chi connectivity index (χ1) is 7.66. The van der Waals surface area contributed by atoms with Crippen LogP contribution in [0.3, 0.4) is 0 Å². The van der Waals surface area contributed by atoms with Gasteiger partial charge >= 0.3 is 12.1 Å². The third-order valence-corrected chi connectivity index (χ3v) is 2.44. The zero-order valence-electron chi connectivity index (χ0n) is 10.0. The van der Waals surface area contributed by atoms with Crippen LogP contribution < -0.4 is 0 Å². The highest BCUT2D eigenvalue weighted by Gasteiger charge is 2.06. The molecular formula is C12H22O4. The summed E-state index contributed by atoms with van der Waals surface area (Å²) < 4.78 is 3.99. The smallest absolute Gasteiger partial charge is 0.449 e. The summed E-state index contributed by atoms with van der Waals surface area (Å²) in [5.74, 6) is -0.640. The Morgan fingerprint density at radius 3 is 1.94 bits per heavy atom. The molecule has 0 unspecified atom stereocenters. The molecule has 0 aliphatic carbocycles. The number of hydrogen-bond acceptors (Lipinski definition) is 3. The molecule has 0 atom stereocenters. The van der Waals surface area contributed by atoms with E-state index in [2.05, 4.69) is 11.7 Å². The van der Waals surface area contributed by atoms with Gasteiger partial charge in [0, 0.05) is 6.42 Å². The van der Waals surface area contributed by atoms with Crippen LogP contribution in [-0.4, -0.2) is 17.2 Å². The van der Waals surface area contributed by atoms with Crippen LogP contribution in [0.4, 0.5) is 4.79 Å². The van der Waals surface area contributed by atoms with Gasteiger partial charge in [0.15, 0.2) is 0 Å². The number of carbonyl (C=O) groups is 2. The predicted molar refractivity (Wildman–Crippen MR) is 61.3 cm³/mol. The van der Waals surface area contributed by atoms with Crippen molar-refractivity contribution in [1.29, 1.82) is 0 Å². The van der Waals surface area contributed by atoms with Gasteiger partial charge in [-0.05, 0) is 6.42 Å². The highest BCUT2D eigenvalue weighted by molar-refractivity contribution is 5.80. The van der Waals surface area contributed by atoms with E-state index in [4.69, 9.17) is 5.11 Å². The Morgan fingerprint density at radius 2 is 1.44 bits per heavy atom. The first kappa shape index (κ1) is 14.9. The van der Waals surface area contributed by atoms with Crippen LogP contribution in [0.5, 0.6) is 0 Å². The van der Waals surface area contributed by atoms with Crippen LogP contribution in [0.1, 0.15) is 64.7 Å². The lowest BCUT2D eigenvalue weighted by molar-refractivity contribution is -0.139. The molecule has 0 spiro atoms. The Morgan fingerprint density at radius 1 is 0.938 bits per heavy atom. The van der Waals surface area contributed by atoms with Gasteiger partial charge in [-0.25, -0.2) is 4.79 Å². The summed E-state index contributed by atoms with van der Waals surface area (Å²) in [5, 5.41) is 8.16. The SMILES string of the molecule is CCCCCCCCCCC(=O)OC(=O)O. The first-order valence-electron chi connectivity index (χ1n) is 6.10. The Kier molecular flexibility index (Phi) is 9.76. The summed E-state index contributed by atoms with van der Waals surface area (Å²) in [6.45, 7) is 2.19. The molecule has 4 nitrogen and oxygen atoms in total. The summed E-state index contributed by atoms with van der Waals surface area (Å²) in [6.07, 6.45) is 7.81. The summed E-state index contributed by atoms with van der Waals surface area (Å²) in [6, 6.07) is 0. The van der Waals surface area contributed by atoms with Crippen molar-refractivity contribution in [3.63, 3.8) is 0 Å². The molecule has 4 heteroatoms. The molecule has 0 aromatic rings. The molecule has 0 saturated heterocycles. The molecule has 0 rings (SSSR count). The van der Waals surface area contributed by atoms with Gasteiger partial charge in [0.25, 0.3) is 0 Å². The van der Waals surface area contributed by atoms with Crippen LogP contribution in [0.25, 0.3) is 0 Å². The van der Waals surface area contributed by atoms with E-state index in [1.54, 1.807) is 0 Å². The lowest BCUT2D eigenvalue weighted by Gasteiger charge is -2.01. The van der Waals surface area contributed by atoms with E-state index in [9.17, 15) is 9.59 Å². The fraction of sp³-hybridized carbons (Fsp3) is 0.833. The topological polar surface area (TPSA) is 63.6 Å². The third-order valence-electron chi connectivity index (χ3n) is 2.44. The van der Waals surface area contributed by atoms with Crippen molar-refractivity contribution < 1.29 is 19.4 Å². The number of carboxylic acid groups (broad SMARTS) is 1. The normalized spacial score (nSPS) is 10.1. The van der Waals surface area contributed by atoms with E-state index < -0.39 is 12.1 Å². The zero-order valence-corrected chi connectivity index (χ0v) is 10.0. The monoisotopic (exact) mass is 230 g/mol. The fourth-order valence-electron chi connectivity index (χ4n) is 1.55. The van der Waals surface area contributed by atoms with Gasteiger partial charge in [0.1, 0.15) is 0 Å². The molecule has 0 radical (unpaired) electrons. The fourth-order valence-corrected chi connectivity index (χ4v) is 1.55. The minimum Gasteiger partial charge on any atom is -0.449 e. The molecule has 0 heterocycles. The molecule has 0 aliphatic rings. The molecule has 0 bridgehead atoms. The van der Waals surface area contributed by atoms with E-state index in [0.717, 1.165) is 19.3 Å². The zero-order chi connectivity index (χ0) is 12.2. The van der Waals surface area contributed by atoms with Gasteiger partial charge in [-0.1, -0.05) is 51.9 Å². The highest BCUT2D eigenvalue weighted by Crippen LogP contribution is 2.09. The molecule has 94 valence electrons. The van der Waals surface area contributed by atoms with Crippen molar-refractivity contribution in [3.05, 3.63) is 0 Å². The summed E-state index contributed by atoms with van der Waals surface area (Å²) in [4.78, 5) is 20.8. The molecule has 0 amide bonds. The van der Waals surface area contributed by atoms with Gasteiger partial charge in [0.2, 0.25) is 0 Å². The van der Waals surface area contributed by atoms with Gasteiger partial charge in [-0.2, -0.15) is 0 Å². The minimum atomic E-state index is -1.51. The lowest BCUT2D eigenvalue weighted by Crippen LogP contribution is -2.09. The van der Waals surface area contributed by atoms with Crippen LogP contribution >= 0.6 is 0 Å². The molecule has 0 saturated carbocycles. The Bertz CT molecular complexity index is 201. The Balaban J connectivity index is 3.14. The van der Waals surface area contributed by atoms with E-state index in [0.29, 0.717) is 0 Å². The molecule has 16 heavy (non-hydrogen) atoms.